The quantitative estimate of drug-likeness (QED) is 0.879. The van der Waals surface area contributed by atoms with Crippen LogP contribution in [0.3, 0.4) is 0 Å². The summed E-state index contributed by atoms with van der Waals surface area (Å²) in [6.45, 7) is 0.0354. The number of aromatic nitrogens is 3. The first-order valence-corrected chi connectivity index (χ1v) is 8.40. The average Bonchev–Trinajstić information content (AvgIpc) is 3.06. The normalized spacial score (nSPS) is 15.8. The summed E-state index contributed by atoms with van der Waals surface area (Å²) >= 11 is 0. The van der Waals surface area contributed by atoms with E-state index < -0.39 is 12.1 Å². The third-order valence-electron chi connectivity index (χ3n) is 4.67. The van der Waals surface area contributed by atoms with Gasteiger partial charge in [0.1, 0.15) is 0 Å². The lowest BCUT2D eigenvalue weighted by Gasteiger charge is -2.33. The van der Waals surface area contributed by atoms with Crippen molar-refractivity contribution in [3.8, 4) is 17.0 Å². The summed E-state index contributed by atoms with van der Waals surface area (Å²) in [7, 11) is 3.24. The first-order chi connectivity index (χ1) is 12.7. The number of hydrogen-bond acceptors (Lipinski definition) is 5. The van der Waals surface area contributed by atoms with Gasteiger partial charge in [-0.25, -0.2) is 4.98 Å². The van der Waals surface area contributed by atoms with Crippen molar-refractivity contribution in [3.05, 3.63) is 24.2 Å². The molecule has 146 valence electrons. The summed E-state index contributed by atoms with van der Waals surface area (Å²) in [5.41, 5.74) is 8.62. The van der Waals surface area contributed by atoms with Crippen LogP contribution < -0.4 is 10.5 Å². The Morgan fingerprint density at radius 1 is 1.33 bits per heavy atom. The monoisotopic (exact) mass is 383 g/mol. The van der Waals surface area contributed by atoms with E-state index in [-0.39, 0.29) is 24.9 Å². The number of pyridine rings is 1. The molecule has 7 nitrogen and oxygen atoms in total. The maximum absolute atomic E-state index is 12.6. The van der Waals surface area contributed by atoms with Crippen LogP contribution in [-0.2, 0) is 11.8 Å². The Morgan fingerprint density at radius 2 is 2.00 bits per heavy atom. The number of nitrogen functional groups attached to an aromatic ring is 1. The molecule has 0 radical (unpaired) electrons. The zero-order chi connectivity index (χ0) is 19.8. The van der Waals surface area contributed by atoms with Crippen molar-refractivity contribution in [2.45, 2.75) is 24.9 Å². The molecule has 27 heavy (non-hydrogen) atoms. The largest absolute Gasteiger partial charge is 0.480 e. The maximum atomic E-state index is 12.6. The van der Waals surface area contributed by atoms with Crippen molar-refractivity contribution >= 4 is 11.6 Å². The van der Waals surface area contributed by atoms with Crippen molar-refractivity contribution in [1.82, 2.24) is 19.7 Å². The molecule has 0 unspecified atom stereocenters. The van der Waals surface area contributed by atoms with Gasteiger partial charge < -0.3 is 15.4 Å². The molecule has 0 atom stereocenters. The first-order valence-electron chi connectivity index (χ1n) is 8.40. The lowest BCUT2D eigenvalue weighted by atomic mass is 9.88. The van der Waals surface area contributed by atoms with Crippen molar-refractivity contribution in [2.75, 3.05) is 25.9 Å². The van der Waals surface area contributed by atoms with Crippen LogP contribution in [0.15, 0.2) is 18.5 Å². The van der Waals surface area contributed by atoms with E-state index in [1.54, 1.807) is 24.0 Å². The first kappa shape index (κ1) is 19.0. The number of piperidine rings is 1. The zero-order valence-electron chi connectivity index (χ0n) is 15.0. The van der Waals surface area contributed by atoms with Crippen LogP contribution in [0.5, 0.6) is 5.88 Å². The number of hydrogen-bond donors (Lipinski definition) is 1. The van der Waals surface area contributed by atoms with Crippen molar-refractivity contribution in [1.29, 1.82) is 0 Å². The van der Waals surface area contributed by atoms with Crippen LogP contribution in [0.2, 0.25) is 0 Å². The molecule has 2 N–H and O–H groups in total. The molecule has 1 amide bonds. The molecule has 0 aliphatic carbocycles. The zero-order valence-corrected chi connectivity index (χ0v) is 15.0. The van der Waals surface area contributed by atoms with Crippen LogP contribution in [0.25, 0.3) is 11.1 Å². The molecule has 1 fully saturated rings. The Hall–Kier alpha value is -2.78. The van der Waals surface area contributed by atoms with Crippen LogP contribution in [-0.4, -0.2) is 51.9 Å². The van der Waals surface area contributed by atoms with E-state index in [1.807, 2.05) is 6.20 Å². The molecule has 1 saturated heterocycles. The summed E-state index contributed by atoms with van der Waals surface area (Å²) in [4.78, 5) is 16.8. The minimum absolute atomic E-state index is 0.0177. The summed E-state index contributed by atoms with van der Waals surface area (Å²) < 4.78 is 44.8. The molecule has 2 aromatic rings. The lowest BCUT2D eigenvalue weighted by molar-refractivity contribution is -0.186. The van der Waals surface area contributed by atoms with Gasteiger partial charge in [0.15, 0.2) is 0 Å². The van der Waals surface area contributed by atoms with E-state index in [1.165, 1.54) is 7.11 Å². The average molecular weight is 383 g/mol. The lowest BCUT2D eigenvalue weighted by Crippen LogP contribution is -2.45. The van der Waals surface area contributed by atoms with E-state index in [2.05, 4.69) is 10.1 Å². The fourth-order valence-electron chi connectivity index (χ4n) is 3.33. The molecule has 0 spiro atoms. The number of halogens is 3. The number of nitrogens with two attached hydrogens (primary N) is 1. The van der Waals surface area contributed by atoms with E-state index in [9.17, 15) is 18.0 Å². The fraction of sp³-hybridized carbons (Fsp3) is 0.471. The molecule has 0 bridgehead atoms. The van der Waals surface area contributed by atoms with Gasteiger partial charge in [-0.05, 0) is 18.9 Å². The predicted octanol–water partition coefficient (Wildman–Crippen LogP) is 2.34. The standard InChI is InChI=1S/C17H20F3N5O2/c1-24-9-11(8-22-24)12-7-13(21)15(27-2)23-14(12)10-3-5-25(6-4-10)16(26)17(18,19)20/h7-10H,3-6,21H2,1-2H3. The van der Waals surface area contributed by atoms with Gasteiger partial charge in [0, 0.05) is 43.4 Å². The van der Waals surface area contributed by atoms with Gasteiger partial charge in [0.25, 0.3) is 0 Å². The number of rotatable bonds is 3. The number of methoxy groups -OCH3 is 1. The van der Waals surface area contributed by atoms with Gasteiger partial charge in [-0.3, -0.25) is 9.48 Å². The molecule has 3 heterocycles. The van der Waals surface area contributed by atoms with Crippen molar-refractivity contribution in [3.63, 3.8) is 0 Å². The van der Waals surface area contributed by atoms with Gasteiger partial charge >= 0.3 is 12.1 Å². The number of alkyl halides is 3. The number of ether oxygens (including phenoxy) is 1. The highest BCUT2D eigenvalue weighted by Gasteiger charge is 2.43. The van der Waals surface area contributed by atoms with Crippen molar-refractivity contribution in [2.24, 2.45) is 7.05 Å². The second-order valence-corrected chi connectivity index (χ2v) is 6.49. The van der Waals surface area contributed by atoms with Gasteiger partial charge in [-0.1, -0.05) is 0 Å². The Bertz CT molecular complexity index is 842. The fourth-order valence-corrected chi connectivity index (χ4v) is 3.33. The van der Waals surface area contributed by atoms with Crippen LogP contribution in [0, 0.1) is 0 Å². The molecular weight excluding hydrogens is 363 g/mol. The number of likely N-dealkylation sites (tertiary alicyclic amines) is 1. The summed E-state index contributed by atoms with van der Waals surface area (Å²) in [5, 5.41) is 4.15. The maximum Gasteiger partial charge on any atom is 0.471 e. The Kier molecular flexibility index (Phi) is 4.99. The topological polar surface area (TPSA) is 86.3 Å². The minimum atomic E-state index is -4.85. The third-order valence-corrected chi connectivity index (χ3v) is 4.67. The summed E-state index contributed by atoms with van der Waals surface area (Å²) in [6, 6.07) is 1.74. The van der Waals surface area contributed by atoms with Crippen molar-refractivity contribution < 1.29 is 22.7 Å². The highest BCUT2D eigenvalue weighted by Crippen LogP contribution is 2.38. The SMILES string of the molecule is COc1nc(C2CCN(C(=O)C(F)(F)F)CC2)c(-c2cnn(C)c2)cc1N. The molecule has 1 aliphatic rings. The van der Waals surface area contributed by atoms with E-state index in [4.69, 9.17) is 10.5 Å². The molecule has 3 rings (SSSR count). The summed E-state index contributed by atoms with van der Waals surface area (Å²) in [5.74, 6) is -1.64. The molecule has 0 saturated carbocycles. The predicted molar refractivity (Wildman–Crippen MR) is 92.0 cm³/mol. The Labute approximate surface area is 153 Å². The molecule has 2 aromatic heterocycles. The number of carbonyl (C=O) groups is 1. The highest BCUT2D eigenvalue weighted by atomic mass is 19.4. The number of aryl methyl sites for hydroxylation is 1. The van der Waals surface area contributed by atoms with E-state index in [0.29, 0.717) is 24.2 Å². The van der Waals surface area contributed by atoms with Crippen LogP contribution in [0.1, 0.15) is 24.5 Å². The van der Waals surface area contributed by atoms with E-state index in [0.717, 1.165) is 16.0 Å². The Balaban J connectivity index is 1.89. The van der Waals surface area contributed by atoms with Gasteiger partial charge in [-0.2, -0.15) is 18.3 Å². The van der Waals surface area contributed by atoms with Gasteiger partial charge in [0.05, 0.1) is 24.7 Å². The summed E-state index contributed by atoms with van der Waals surface area (Å²) in [6.07, 6.45) is -0.621. The molecule has 0 aromatic carbocycles. The molecular formula is C17H20F3N5O2. The highest BCUT2D eigenvalue weighted by molar-refractivity contribution is 5.82. The third kappa shape index (κ3) is 3.83. The number of nitrogens with zero attached hydrogens (tertiary/aromatic N) is 4. The molecule has 1 aliphatic heterocycles. The second-order valence-electron chi connectivity index (χ2n) is 6.49. The minimum Gasteiger partial charge on any atom is -0.480 e. The number of amides is 1. The number of carbonyl (C=O) groups excluding carboxylic acids is 1. The Morgan fingerprint density at radius 3 is 2.52 bits per heavy atom. The van der Waals surface area contributed by atoms with Crippen LogP contribution >= 0.6 is 0 Å². The van der Waals surface area contributed by atoms with Gasteiger partial charge in [0.2, 0.25) is 5.88 Å². The smallest absolute Gasteiger partial charge is 0.471 e. The number of anilines is 1. The van der Waals surface area contributed by atoms with Crippen LogP contribution in [0.4, 0.5) is 18.9 Å². The second kappa shape index (κ2) is 7.09. The van der Waals surface area contributed by atoms with E-state index >= 15 is 0 Å². The van der Waals surface area contributed by atoms with Gasteiger partial charge in [-0.15, -0.1) is 0 Å². The molecule has 10 heteroatoms.